The molecule has 0 fully saturated rings. The van der Waals surface area contributed by atoms with Crippen molar-refractivity contribution in [1.82, 2.24) is 9.97 Å². The molecule has 0 atom stereocenters. The number of anilines is 3. The number of rotatable bonds is 8. The van der Waals surface area contributed by atoms with Crippen LogP contribution in [-0.4, -0.2) is 32.1 Å². The predicted octanol–water partition coefficient (Wildman–Crippen LogP) is 4.58. The molecule has 4 rings (SSSR count). The van der Waals surface area contributed by atoms with E-state index in [1.165, 1.54) is 19.2 Å². The second-order valence-electron chi connectivity index (χ2n) is 6.74. The van der Waals surface area contributed by atoms with Crippen molar-refractivity contribution in [2.24, 2.45) is 0 Å². The highest BCUT2D eigenvalue weighted by atomic mass is 32.2. The number of fused-ring (bicyclic) bond motifs is 1. The second kappa shape index (κ2) is 9.11. The summed E-state index contributed by atoms with van der Waals surface area (Å²) in [4.78, 5) is 9.19. The summed E-state index contributed by atoms with van der Waals surface area (Å²) in [7, 11) is -2.40. The SMILES string of the molecule is CCOc1ccccc1Nc1nc2ccccc2nc1NS(=O)(=O)c1ccc(OC)cc1. The topological polar surface area (TPSA) is 102 Å². The Hall–Kier alpha value is -3.85. The highest BCUT2D eigenvalue weighted by Crippen LogP contribution is 2.31. The Kier molecular flexibility index (Phi) is 6.09. The van der Waals surface area contributed by atoms with Crippen molar-refractivity contribution < 1.29 is 17.9 Å². The largest absolute Gasteiger partial charge is 0.497 e. The van der Waals surface area contributed by atoms with Gasteiger partial charge >= 0.3 is 0 Å². The van der Waals surface area contributed by atoms with Gasteiger partial charge in [-0.2, -0.15) is 0 Å². The quantitative estimate of drug-likeness (QED) is 0.405. The van der Waals surface area contributed by atoms with Crippen LogP contribution in [0.2, 0.25) is 0 Å². The van der Waals surface area contributed by atoms with Crippen LogP contribution in [0.5, 0.6) is 11.5 Å². The van der Waals surface area contributed by atoms with Gasteiger partial charge in [-0.1, -0.05) is 24.3 Å². The molecule has 0 aliphatic carbocycles. The molecule has 0 saturated heterocycles. The number of ether oxygens (including phenoxy) is 2. The first-order valence-electron chi connectivity index (χ1n) is 9.92. The first-order chi connectivity index (χ1) is 15.5. The van der Waals surface area contributed by atoms with Gasteiger partial charge in [-0.15, -0.1) is 0 Å². The van der Waals surface area contributed by atoms with Gasteiger partial charge in [0.05, 0.1) is 35.3 Å². The standard InChI is InChI=1S/C23H22N4O4S/c1-3-31-21-11-7-6-10-20(21)26-22-23(25-19-9-5-4-8-18(19)24-22)27-32(28,29)17-14-12-16(30-2)13-15-17/h4-15H,3H2,1-2H3,(H,24,26)(H,25,27). The zero-order chi connectivity index (χ0) is 22.6. The third-order valence-corrected chi connectivity index (χ3v) is 5.97. The summed E-state index contributed by atoms with van der Waals surface area (Å²) in [6.45, 7) is 2.38. The van der Waals surface area contributed by atoms with E-state index in [4.69, 9.17) is 9.47 Å². The summed E-state index contributed by atoms with van der Waals surface area (Å²) in [5.41, 5.74) is 1.82. The van der Waals surface area contributed by atoms with Gasteiger partial charge in [0.15, 0.2) is 11.6 Å². The van der Waals surface area contributed by atoms with Gasteiger partial charge < -0.3 is 14.8 Å². The van der Waals surface area contributed by atoms with Crippen molar-refractivity contribution in [3.05, 3.63) is 72.8 Å². The van der Waals surface area contributed by atoms with Gasteiger partial charge in [0, 0.05) is 0 Å². The summed E-state index contributed by atoms with van der Waals surface area (Å²) in [6.07, 6.45) is 0. The molecular formula is C23H22N4O4S. The Labute approximate surface area is 186 Å². The lowest BCUT2D eigenvalue weighted by atomic mass is 10.3. The van der Waals surface area contributed by atoms with E-state index >= 15 is 0 Å². The van der Waals surface area contributed by atoms with Crippen LogP contribution in [0.4, 0.5) is 17.3 Å². The summed E-state index contributed by atoms with van der Waals surface area (Å²) >= 11 is 0. The number of nitrogens with zero attached hydrogens (tertiary/aromatic N) is 2. The highest BCUT2D eigenvalue weighted by molar-refractivity contribution is 7.92. The van der Waals surface area contributed by atoms with Gasteiger partial charge in [0.2, 0.25) is 0 Å². The molecule has 32 heavy (non-hydrogen) atoms. The van der Waals surface area contributed by atoms with Crippen LogP contribution < -0.4 is 19.5 Å². The molecule has 0 aliphatic heterocycles. The average molecular weight is 451 g/mol. The number of benzene rings is 3. The molecule has 9 heteroatoms. The summed E-state index contributed by atoms with van der Waals surface area (Å²) < 4.78 is 39.4. The molecule has 1 aromatic heterocycles. The van der Waals surface area contributed by atoms with E-state index in [1.54, 1.807) is 18.2 Å². The van der Waals surface area contributed by atoms with Crippen LogP contribution in [0, 0.1) is 0 Å². The fraction of sp³-hybridized carbons (Fsp3) is 0.130. The van der Waals surface area contributed by atoms with Crippen LogP contribution in [0.15, 0.2) is 77.7 Å². The van der Waals surface area contributed by atoms with Crippen molar-refractivity contribution in [2.75, 3.05) is 23.8 Å². The van der Waals surface area contributed by atoms with Crippen LogP contribution >= 0.6 is 0 Å². The molecule has 164 valence electrons. The van der Waals surface area contributed by atoms with Crippen LogP contribution in [-0.2, 0) is 10.0 Å². The van der Waals surface area contributed by atoms with E-state index in [9.17, 15) is 8.42 Å². The monoisotopic (exact) mass is 450 g/mol. The number of hydrogen-bond acceptors (Lipinski definition) is 7. The van der Waals surface area contributed by atoms with Gasteiger partial charge in [-0.25, -0.2) is 18.4 Å². The Bertz CT molecular complexity index is 1340. The third-order valence-electron chi connectivity index (χ3n) is 4.61. The fourth-order valence-corrected chi connectivity index (χ4v) is 4.09. The molecule has 0 bridgehead atoms. The van der Waals surface area contributed by atoms with E-state index < -0.39 is 10.0 Å². The van der Waals surface area contributed by atoms with Gasteiger partial charge in [-0.3, -0.25) is 4.72 Å². The second-order valence-corrected chi connectivity index (χ2v) is 8.43. The maximum absolute atomic E-state index is 13.0. The minimum atomic E-state index is -3.92. The molecule has 0 saturated carbocycles. The molecule has 1 heterocycles. The van der Waals surface area contributed by atoms with E-state index in [0.29, 0.717) is 34.8 Å². The lowest BCUT2D eigenvalue weighted by Gasteiger charge is -2.16. The first-order valence-corrected chi connectivity index (χ1v) is 11.4. The maximum Gasteiger partial charge on any atom is 0.263 e. The molecule has 0 aliphatic rings. The molecular weight excluding hydrogens is 428 g/mol. The minimum absolute atomic E-state index is 0.0748. The van der Waals surface area contributed by atoms with Gasteiger partial charge in [0.1, 0.15) is 11.5 Å². The molecule has 2 N–H and O–H groups in total. The summed E-state index contributed by atoms with van der Waals surface area (Å²) in [5, 5.41) is 3.16. The Balaban J connectivity index is 1.76. The van der Waals surface area contributed by atoms with Crippen LogP contribution in [0.3, 0.4) is 0 Å². The van der Waals surface area contributed by atoms with Crippen molar-refractivity contribution in [3.63, 3.8) is 0 Å². The predicted molar refractivity (Wildman–Crippen MR) is 124 cm³/mol. The van der Waals surface area contributed by atoms with E-state index in [-0.39, 0.29) is 16.5 Å². The number of sulfonamides is 1. The van der Waals surface area contributed by atoms with Crippen LogP contribution in [0.1, 0.15) is 6.92 Å². The molecule has 8 nitrogen and oxygen atoms in total. The van der Waals surface area contributed by atoms with Gasteiger partial charge in [0.25, 0.3) is 10.0 Å². The Morgan fingerprint density at radius 1 is 0.844 bits per heavy atom. The number of hydrogen-bond donors (Lipinski definition) is 2. The van der Waals surface area contributed by atoms with Crippen molar-refractivity contribution in [2.45, 2.75) is 11.8 Å². The fourth-order valence-electron chi connectivity index (χ4n) is 3.08. The molecule has 4 aromatic rings. The lowest BCUT2D eigenvalue weighted by molar-refractivity contribution is 0.342. The zero-order valence-corrected chi connectivity index (χ0v) is 18.4. The summed E-state index contributed by atoms with van der Waals surface area (Å²) in [6, 6.07) is 20.7. The average Bonchev–Trinajstić information content (AvgIpc) is 2.80. The first kappa shape index (κ1) is 21.4. The van der Waals surface area contributed by atoms with E-state index in [0.717, 1.165) is 0 Å². The van der Waals surface area contributed by atoms with Crippen molar-refractivity contribution >= 4 is 38.4 Å². The van der Waals surface area contributed by atoms with Gasteiger partial charge in [-0.05, 0) is 55.5 Å². The normalized spacial score (nSPS) is 11.2. The molecule has 0 radical (unpaired) electrons. The highest BCUT2D eigenvalue weighted by Gasteiger charge is 2.20. The lowest BCUT2D eigenvalue weighted by Crippen LogP contribution is -2.16. The van der Waals surface area contributed by atoms with E-state index in [2.05, 4.69) is 20.0 Å². The van der Waals surface area contributed by atoms with Crippen molar-refractivity contribution in [1.29, 1.82) is 0 Å². The van der Waals surface area contributed by atoms with Crippen molar-refractivity contribution in [3.8, 4) is 11.5 Å². The smallest absolute Gasteiger partial charge is 0.263 e. The van der Waals surface area contributed by atoms with E-state index in [1.807, 2.05) is 49.4 Å². The third kappa shape index (κ3) is 4.57. The number of methoxy groups -OCH3 is 1. The minimum Gasteiger partial charge on any atom is -0.497 e. The van der Waals surface area contributed by atoms with Crippen LogP contribution in [0.25, 0.3) is 11.0 Å². The molecule has 0 amide bonds. The number of nitrogens with one attached hydrogen (secondary N) is 2. The Morgan fingerprint density at radius 3 is 2.12 bits per heavy atom. The molecule has 0 spiro atoms. The zero-order valence-electron chi connectivity index (χ0n) is 17.6. The summed E-state index contributed by atoms with van der Waals surface area (Å²) in [5.74, 6) is 1.51. The Morgan fingerprint density at radius 2 is 1.47 bits per heavy atom. The molecule has 3 aromatic carbocycles. The number of para-hydroxylation sites is 4. The maximum atomic E-state index is 13.0. The molecule has 0 unspecified atom stereocenters. The number of aromatic nitrogens is 2.